The smallest absolute Gasteiger partial charge is 0.144 e. The van der Waals surface area contributed by atoms with Crippen LogP contribution in [0.15, 0.2) is 12.1 Å². The SMILES string of the molecule is CC(C)CC1(C(=O)Cc2ccc(Cl)s2)CCCC1. The minimum absolute atomic E-state index is 0.0371. The van der Waals surface area contributed by atoms with Gasteiger partial charge in [0, 0.05) is 16.7 Å². The van der Waals surface area contributed by atoms with Gasteiger partial charge in [-0.25, -0.2) is 0 Å². The highest BCUT2D eigenvalue weighted by Gasteiger charge is 2.40. The first kappa shape index (κ1) is 14.1. The molecule has 1 aliphatic carbocycles. The van der Waals surface area contributed by atoms with Crippen LogP contribution in [0.3, 0.4) is 0 Å². The van der Waals surface area contributed by atoms with Crippen molar-refractivity contribution in [2.75, 3.05) is 0 Å². The lowest BCUT2D eigenvalue weighted by atomic mass is 9.74. The van der Waals surface area contributed by atoms with Gasteiger partial charge in [-0.05, 0) is 37.3 Å². The first-order valence-electron chi connectivity index (χ1n) is 6.79. The molecule has 0 unspecified atom stereocenters. The summed E-state index contributed by atoms with van der Waals surface area (Å²) in [6.07, 6.45) is 6.22. The van der Waals surface area contributed by atoms with E-state index in [1.165, 1.54) is 24.2 Å². The Labute approximate surface area is 119 Å². The molecule has 1 aliphatic rings. The number of carbonyl (C=O) groups excluding carboxylic acids is 1. The lowest BCUT2D eigenvalue weighted by molar-refractivity contribution is -0.128. The lowest BCUT2D eigenvalue weighted by Crippen LogP contribution is -2.31. The van der Waals surface area contributed by atoms with Crippen LogP contribution in [0.25, 0.3) is 0 Å². The molecule has 1 saturated carbocycles. The van der Waals surface area contributed by atoms with Crippen LogP contribution in [0, 0.1) is 11.3 Å². The van der Waals surface area contributed by atoms with Gasteiger partial charge in [0.15, 0.2) is 0 Å². The molecule has 0 saturated heterocycles. The molecule has 0 amide bonds. The Hall–Kier alpha value is -0.340. The van der Waals surface area contributed by atoms with Crippen molar-refractivity contribution < 1.29 is 4.79 Å². The number of carbonyl (C=O) groups is 1. The van der Waals surface area contributed by atoms with Crippen LogP contribution >= 0.6 is 22.9 Å². The largest absolute Gasteiger partial charge is 0.299 e. The van der Waals surface area contributed by atoms with E-state index in [0.29, 0.717) is 18.1 Å². The fourth-order valence-electron chi connectivity index (χ4n) is 3.22. The first-order chi connectivity index (χ1) is 8.52. The molecule has 0 aromatic carbocycles. The van der Waals surface area contributed by atoms with Crippen LogP contribution in [0.1, 0.15) is 50.8 Å². The maximum absolute atomic E-state index is 12.6. The molecule has 0 bridgehead atoms. The molecule has 0 radical (unpaired) electrons. The van der Waals surface area contributed by atoms with Crippen molar-refractivity contribution >= 4 is 28.7 Å². The van der Waals surface area contributed by atoms with E-state index < -0.39 is 0 Å². The summed E-state index contributed by atoms with van der Waals surface area (Å²) in [7, 11) is 0. The summed E-state index contributed by atoms with van der Waals surface area (Å²) in [5, 5.41) is 0. The van der Waals surface area contributed by atoms with Crippen LogP contribution in [-0.4, -0.2) is 5.78 Å². The Morgan fingerprint density at radius 3 is 2.56 bits per heavy atom. The van der Waals surface area contributed by atoms with Crippen molar-refractivity contribution in [3.8, 4) is 0 Å². The maximum Gasteiger partial charge on any atom is 0.144 e. The fourth-order valence-corrected chi connectivity index (χ4v) is 4.31. The molecule has 2 rings (SSSR count). The fraction of sp³-hybridized carbons (Fsp3) is 0.667. The summed E-state index contributed by atoms with van der Waals surface area (Å²) in [5.41, 5.74) is -0.0371. The zero-order valence-electron chi connectivity index (χ0n) is 11.2. The molecule has 100 valence electrons. The van der Waals surface area contributed by atoms with Crippen molar-refractivity contribution in [3.63, 3.8) is 0 Å². The zero-order valence-corrected chi connectivity index (χ0v) is 12.7. The van der Waals surface area contributed by atoms with Gasteiger partial charge in [0.25, 0.3) is 0 Å². The highest BCUT2D eigenvalue weighted by Crippen LogP contribution is 2.44. The number of ketones is 1. The molecule has 0 N–H and O–H groups in total. The van der Waals surface area contributed by atoms with Gasteiger partial charge < -0.3 is 0 Å². The molecule has 3 heteroatoms. The second-order valence-electron chi connectivity index (χ2n) is 5.89. The van der Waals surface area contributed by atoms with Crippen LogP contribution in [0.5, 0.6) is 0 Å². The minimum atomic E-state index is -0.0371. The molecule has 18 heavy (non-hydrogen) atoms. The third kappa shape index (κ3) is 3.16. The number of hydrogen-bond donors (Lipinski definition) is 0. The summed E-state index contributed by atoms with van der Waals surface area (Å²) < 4.78 is 0.780. The third-order valence-corrected chi connectivity index (χ3v) is 5.15. The summed E-state index contributed by atoms with van der Waals surface area (Å²) in [6.45, 7) is 4.44. The molecule has 1 nitrogen and oxygen atoms in total. The van der Waals surface area contributed by atoms with E-state index in [1.54, 1.807) is 0 Å². The summed E-state index contributed by atoms with van der Waals surface area (Å²) >= 11 is 7.47. The van der Waals surface area contributed by atoms with Gasteiger partial charge in [-0.2, -0.15) is 0 Å². The molecular weight excluding hydrogens is 264 g/mol. The van der Waals surface area contributed by atoms with Crippen molar-refractivity contribution in [1.82, 2.24) is 0 Å². The first-order valence-corrected chi connectivity index (χ1v) is 7.99. The van der Waals surface area contributed by atoms with Gasteiger partial charge in [-0.3, -0.25) is 4.79 Å². The van der Waals surface area contributed by atoms with Crippen LogP contribution in [-0.2, 0) is 11.2 Å². The highest BCUT2D eigenvalue weighted by atomic mass is 35.5. The quantitative estimate of drug-likeness (QED) is 0.733. The van der Waals surface area contributed by atoms with Crippen molar-refractivity contribution in [3.05, 3.63) is 21.3 Å². The summed E-state index contributed by atoms with van der Waals surface area (Å²) in [6, 6.07) is 3.88. The number of halogens is 1. The van der Waals surface area contributed by atoms with Crippen LogP contribution < -0.4 is 0 Å². The Morgan fingerprint density at radius 1 is 1.39 bits per heavy atom. The topological polar surface area (TPSA) is 17.1 Å². The van der Waals surface area contributed by atoms with E-state index >= 15 is 0 Å². The summed E-state index contributed by atoms with van der Waals surface area (Å²) in [5.74, 6) is 1.03. The van der Waals surface area contributed by atoms with E-state index in [2.05, 4.69) is 13.8 Å². The molecule has 1 aromatic heterocycles. The molecule has 1 heterocycles. The van der Waals surface area contributed by atoms with Gasteiger partial charge in [0.1, 0.15) is 5.78 Å². The standard InChI is InChI=1S/C15H21ClOS/c1-11(2)10-15(7-3-4-8-15)13(17)9-12-5-6-14(16)18-12/h5-6,11H,3-4,7-10H2,1-2H3. The molecule has 1 fully saturated rings. The average molecular weight is 285 g/mol. The minimum Gasteiger partial charge on any atom is -0.299 e. The molecular formula is C15H21ClOS. The van der Waals surface area contributed by atoms with Crippen molar-refractivity contribution in [2.45, 2.75) is 52.4 Å². The predicted octanol–water partition coefficient (Wildman–Crippen LogP) is 5.12. The monoisotopic (exact) mass is 284 g/mol. The predicted molar refractivity (Wildman–Crippen MR) is 78.4 cm³/mol. The lowest BCUT2D eigenvalue weighted by Gasteiger charge is -2.29. The second-order valence-corrected chi connectivity index (χ2v) is 7.69. The van der Waals surface area contributed by atoms with E-state index in [1.807, 2.05) is 12.1 Å². The van der Waals surface area contributed by atoms with E-state index in [4.69, 9.17) is 11.6 Å². The molecule has 1 aromatic rings. The van der Waals surface area contributed by atoms with E-state index in [9.17, 15) is 4.79 Å². The molecule has 0 aliphatic heterocycles. The van der Waals surface area contributed by atoms with Crippen molar-refractivity contribution in [2.24, 2.45) is 11.3 Å². The Bertz CT molecular complexity index is 416. The number of Topliss-reactive ketones (excluding diaryl/α,β-unsaturated/α-hetero) is 1. The zero-order chi connectivity index (χ0) is 13.2. The van der Waals surface area contributed by atoms with Gasteiger partial charge >= 0.3 is 0 Å². The highest BCUT2D eigenvalue weighted by molar-refractivity contribution is 7.16. The normalized spacial score (nSPS) is 18.4. The van der Waals surface area contributed by atoms with Gasteiger partial charge in [0.2, 0.25) is 0 Å². The van der Waals surface area contributed by atoms with Crippen LogP contribution in [0.2, 0.25) is 4.34 Å². The van der Waals surface area contributed by atoms with E-state index in [-0.39, 0.29) is 5.41 Å². The number of thiophene rings is 1. The number of hydrogen-bond acceptors (Lipinski definition) is 2. The second kappa shape index (κ2) is 5.75. The van der Waals surface area contributed by atoms with Gasteiger partial charge in [0.05, 0.1) is 4.34 Å². The number of rotatable bonds is 5. The summed E-state index contributed by atoms with van der Waals surface area (Å²) in [4.78, 5) is 13.8. The van der Waals surface area contributed by atoms with Gasteiger partial charge in [-0.1, -0.05) is 38.3 Å². The maximum atomic E-state index is 12.6. The molecule has 0 spiro atoms. The van der Waals surface area contributed by atoms with E-state index in [0.717, 1.165) is 28.5 Å². The average Bonchev–Trinajstić information content (AvgIpc) is 2.88. The van der Waals surface area contributed by atoms with Crippen molar-refractivity contribution in [1.29, 1.82) is 0 Å². The van der Waals surface area contributed by atoms with Crippen LogP contribution in [0.4, 0.5) is 0 Å². The Kier molecular flexibility index (Phi) is 4.50. The van der Waals surface area contributed by atoms with Gasteiger partial charge in [-0.15, -0.1) is 11.3 Å². The Balaban J connectivity index is 2.09. The Morgan fingerprint density at radius 2 is 2.06 bits per heavy atom. The molecule has 0 atom stereocenters. The third-order valence-electron chi connectivity index (χ3n) is 3.91.